The average molecular weight is 541 g/mol. The predicted molar refractivity (Wildman–Crippen MR) is 129 cm³/mol. The maximum atomic E-state index is 13.7. The van der Waals surface area contributed by atoms with Crippen molar-refractivity contribution >= 4 is 46.9 Å². The number of rotatable bonds is 8. The molecule has 0 aliphatic carbocycles. The van der Waals surface area contributed by atoms with E-state index in [2.05, 4.69) is 15.9 Å². The Kier molecular flexibility index (Phi) is 7.02. The van der Waals surface area contributed by atoms with Crippen molar-refractivity contribution in [1.82, 2.24) is 4.40 Å². The smallest absolute Gasteiger partial charge is 0.211 e. The fraction of sp³-hybridized carbons (Fsp3) is 0.348. The molecule has 0 spiro atoms. The maximum Gasteiger partial charge on any atom is 0.211 e. The van der Waals surface area contributed by atoms with Crippen molar-refractivity contribution in [3.05, 3.63) is 63.4 Å². The average Bonchev–Trinajstić information content (AvgIpc) is 3.05. The summed E-state index contributed by atoms with van der Waals surface area (Å²) in [5, 5.41) is 0. The first-order valence-corrected chi connectivity index (χ1v) is 14.4. The molecule has 0 amide bonds. The molecule has 0 fully saturated rings. The number of carbonyl (C=O) groups excluding carboxylic acids is 1. The summed E-state index contributed by atoms with van der Waals surface area (Å²) in [4.78, 5) is 13.0. The molecule has 0 aliphatic heterocycles. The molecular weight excluding hydrogens is 514 g/mol. The van der Waals surface area contributed by atoms with E-state index in [0.717, 1.165) is 10.0 Å². The molecule has 0 saturated heterocycles. The molecule has 9 heteroatoms. The number of benzene rings is 1. The van der Waals surface area contributed by atoms with Crippen molar-refractivity contribution in [1.29, 1.82) is 0 Å². The van der Waals surface area contributed by atoms with Gasteiger partial charge in [-0.1, -0.05) is 35.8 Å². The van der Waals surface area contributed by atoms with E-state index in [-0.39, 0.29) is 38.1 Å². The van der Waals surface area contributed by atoms with Gasteiger partial charge in [-0.2, -0.15) is 0 Å². The minimum atomic E-state index is -4.06. The zero-order chi connectivity index (χ0) is 23.8. The second-order valence-electron chi connectivity index (χ2n) is 7.90. The number of fused-ring (bicyclic) bond motifs is 1. The molecule has 32 heavy (non-hydrogen) atoms. The van der Waals surface area contributed by atoms with Crippen molar-refractivity contribution in [2.45, 2.75) is 50.3 Å². The van der Waals surface area contributed by atoms with E-state index in [0.29, 0.717) is 18.4 Å². The zero-order valence-corrected chi connectivity index (χ0v) is 21.7. The van der Waals surface area contributed by atoms with Crippen LogP contribution in [0.1, 0.15) is 53.9 Å². The highest BCUT2D eigenvalue weighted by molar-refractivity contribution is 9.10. The number of ketones is 1. The Morgan fingerprint density at radius 3 is 1.97 bits per heavy atom. The van der Waals surface area contributed by atoms with Crippen LogP contribution in [0.4, 0.5) is 0 Å². The maximum absolute atomic E-state index is 13.7. The zero-order valence-electron chi connectivity index (χ0n) is 18.5. The third-order valence-electron chi connectivity index (χ3n) is 5.16. The highest BCUT2D eigenvalue weighted by Gasteiger charge is 2.37. The van der Waals surface area contributed by atoms with E-state index in [1.807, 2.05) is 6.92 Å². The topological polar surface area (TPSA) is 89.8 Å². The van der Waals surface area contributed by atoms with Crippen LogP contribution in [0.2, 0.25) is 0 Å². The molecule has 0 atom stereocenters. The Labute approximate surface area is 197 Å². The predicted octanol–water partition coefficient (Wildman–Crippen LogP) is 4.92. The second-order valence-corrected chi connectivity index (χ2v) is 12.9. The SMILES string of the molecule is CCCS(=O)(=O)c1c(S(=O)(=O)CCC)c2c(C)cc(C)cn2c1C(=O)c1ccc(Br)cc1. The monoisotopic (exact) mass is 539 g/mol. The summed E-state index contributed by atoms with van der Waals surface area (Å²) < 4.78 is 55.9. The fourth-order valence-corrected chi connectivity index (χ4v) is 8.27. The molecule has 6 nitrogen and oxygen atoms in total. The van der Waals surface area contributed by atoms with Gasteiger partial charge >= 0.3 is 0 Å². The second kappa shape index (κ2) is 9.11. The third kappa shape index (κ3) is 4.43. The first-order valence-electron chi connectivity index (χ1n) is 10.4. The van der Waals surface area contributed by atoms with Gasteiger partial charge < -0.3 is 4.40 Å². The third-order valence-corrected chi connectivity index (χ3v) is 9.75. The van der Waals surface area contributed by atoms with Gasteiger partial charge in [0, 0.05) is 16.2 Å². The summed E-state index contributed by atoms with van der Waals surface area (Å²) in [6.45, 7) is 6.98. The van der Waals surface area contributed by atoms with Gasteiger partial charge in [-0.05, 0) is 62.1 Å². The lowest BCUT2D eigenvalue weighted by Crippen LogP contribution is -2.17. The summed E-state index contributed by atoms with van der Waals surface area (Å²) in [6, 6.07) is 8.35. The van der Waals surface area contributed by atoms with Gasteiger partial charge in [-0.3, -0.25) is 4.79 Å². The van der Waals surface area contributed by atoms with Gasteiger partial charge in [-0.15, -0.1) is 0 Å². The number of hydrogen-bond acceptors (Lipinski definition) is 5. The summed E-state index contributed by atoms with van der Waals surface area (Å²) >= 11 is 3.33. The molecule has 2 heterocycles. The van der Waals surface area contributed by atoms with Crippen molar-refractivity contribution in [3.8, 4) is 0 Å². The van der Waals surface area contributed by atoms with Crippen LogP contribution < -0.4 is 0 Å². The van der Waals surface area contributed by atoms with E-state index in [4.69, 9.17) is 0 Å². The van der Waals surface area contributed by atoms with E-state index in [1.165, 1.54) is 4.40 Å². The minimum Gasteiger partial charge on any atom is -0.311 e. The van der Waals surface area contributed by atoms with Crippen LogP contribution in [0.25, 0.3) is 5.52 Å². The molecule has 3 rings (SSSR count). The Hall–Kier alpha value is -1.97. The van der Waals surface area contributed by atoms with Crippen molar-refractivity contribution in [2.24, 2.45) is 0 Å². The molecule has 0 unspecified atom stereocenters. The van der Waals surface area contributed by atoms with Gasteiger partial charge in [0.05, 0.1) is 17.0 Å². The van der Waals surface area contributed by atoms with Crippen LogP contribution >= 0.6 is 15.9 Å². The number of halogens is 1. The summed E-state index contributed by atoms with van der Waals surface area (Å²) in [5.74, 6) is -0.998. The number of sulfone groups is 2. The number of pyridine rings is 1. The van der Waals surface area contributed by atoms with E-state index in [1.54, 1.807) is 57.3 Å². The van der Waals surface area contributed by atoms with Crippen LogP contribution in [-0.4, -0.2) is 38.5 Å². The minimum absolute atomic E-state index is 0.128. The Bertz CT molecular complexity index is 1400. The molecule has 172 valence electrons. The van der Waals surface area contributed by atoms with Crippen LogP contribution in [0.3, 0.4) is 0 Å². The highest BCUT2D eigenvalue weighted by atomic mass is 79.9. The van der Waals surface area contributed by atoms with Gasteiger partial charge in [0.15, 0.2) is 19.7 Å². The van der Waals surface area contributed by atoms with Crippen LogP contribution in [-0.2, 0) is 19.7 Å². The molecule has 0 radical (unpaired) electrons. The normalized spacial score (nSPS) is 12.4. The number of aromatic nitrogens is 1. The molecule has 1 aromatic carbocycles. The largest absolute Gasteiger partial charge is 0.311 e. The Balaban J connectivity index is 2.58. The molecule has 2 aromatic heterocycles. The molecule has 0 aliphatic rings. The Morgan fingerprint density at radius 1 is 0.906 bits per heavy atom. The van der Waals surface area contributed by atoms with Crippen LogP contribution in [0, 0.1) is 13.8 Å². The highest BCUT2D eigenvalue weighted by Crippen LogP contribution is 2.37. The lowest BCUT2D eigenvalue weighted by molar-refractivity contribution is 0.103. The molecule has 3 aromatic rings. The van der Waals surface area contributed by atoms with Gasteiger partial charge in [0.1, 0.15) is 15.5 Å². The molecule has 0 saturated carbocycles. The standard InChI is InChI=1S/C23H26BrNO5S2/c1-5-11-31(27,28)22-19-16(4)13-15(3)14-25(19)20(23(22)32(29,30)12-6-2)21(26)17-7-9-18(24)10-8-17/h7-10,13-14H,5-6,11-12H2,1-4H3. The van der Waals surface area contributed by atoms with Crippen molar-refractivity contribution < 1.29 is 21.6 Å². The lowest BCUT2D eigenvalue weighted by Gasteiger charge is -2.09. The van der Waals surface area contributed by atoms with E-state index >= 15 is 0 Å². The number of carbonyl (C=O) groups is 1. The number of nitrogens with zero attached hydrogens (tertiary/aromatic N) is 1. The first kappa shape index (κ1) is 24.7. The number of aryl methyl sites for hydroxylation is 2. The van der Waals surface area contributed by atoms with Gasteiger partial charge in [0.2, 0.25) is 5.78 Å². The van der Waals surface area contributed by atoms with Crippen LogP contribution in [0.15, 0.2) is 50.8 Å². The van der Waals surface area contributed by atoms with Gasteiger partial charge in [0.25, 0.3) is 0 Å². The molecule has 0 N–H and O–H groups in total. The fourth-order valence-electron chi connectivity index (χ4n) is 3.96. The molecular formula is C23H26BrNO5S2. The van der Waals surface area contributed by atoms with Crippen molar-refractivity contribution in [2.75, 3.05) is 11.5 Å². The lowest BCUT2D eigenvalue weighted by atomic mass is 10.1. The summed E-state index contributed by atoms with van der Waals surface area (Å²) in [6.07, 6.45) is 2.25. The van der Waals surface area contributed by atoms with Gasteiger partial charge in [-0.25, -0.2) is 16.8 Å². The molecule has 0 bridgehead atoms. The Morgan fingerprint density at radius 2 is 1.44 bits per heavy atom. The summed E-state index contributed by atoms with van der Waals surface area (Å²) in [5.41, 5.74) is 1.78. The summed E-state index contributed by atoms with van der Waals surface area (Å²) in [7, 11) is -8.02. The van der Waals surface area contributed by atoms with E-state index in [9.17, 15) is 21.6 Å². The van der Waals surface area contributed by atoms with E-state index < -0.39 is 25.5 Å². The quantitative estimate of drug-likeness (QED) is 0.379. The number of hydrogen-bond donors (Lipinski definition) is 0. The first-order chi connectivity index (χ1) is 14.9. The van der Waals surface area contributed by atoms with Crippen LogP contribution in [0.5, 0.6) is 0 Å². The van der Waals surface area contributed by atoms with Crippen molar-refractivity contribution in [3.63, 3.8) is 0 Å².